The lowest BCUT2D eigenvalue weighted by atomic mass is 9.72. The molecule has 0 radical (unpaired) electrons. The van der Waals surface area contributed by atoms with E-state index in [4.69, 9.17) is 25.8 Å². The highest BCUT2D eigenvalue weighted by Crippen LogP contribution is 2.44. The van der Waals surface area contributed by atoms with Gasteiger partial charge in [-0.15, -0.1) is 0 Å². The number of anilines is 2. The van der Waals surface area contributed by atoms with Gasteiger partial charge in [0.15, 0.2) is 11.4 Å². The minimum Gasteiger partial charge on any atom is -0.489 e. The van der Waals surface area contributed by atoms with Crippen LogP contribution in [-0.2, 0) is 14.8 Å². The Bertz CT molecular complexity index is 2860. The Morgan fingerprint density at radius 1 is 1.01 bits per heavy atom. The molecular formula is C48H54ClN9O9S. The Labute approximate surface area is 399 Å². The Balaban J connectivity index is 0.907. The number of allylic oxidation sites excluding steroid dienone is 1. The third-order valence-electron chi connectivity index (χ3n) is 13.0. The van der Waals surface area contributed by atoms with Gasteiger partial charge in [-0.2, -0.15) is 0 Å². The van der Waals surface area contributed by atoms with E-state index in [9.17, 15) is 28.1 Å². The summed E-state index contributed by atoms with van der Waals surface area (Å²) in [4.78, 5) is 51.5. The van der Waals surface area contributed by atoms with Crippen LogP contribution in [0.15, 0.2) is 89.6 Å². The Hall–Kier alpha value is -6.41. The quantitative estimate of drug-likeness (QED) is 0.0669. The number of morpholine rings is 1. The van der Waals surface area contributed by atoms with Crippen molar-refractivity contribution in [2.75, 3.05) is 82.4 Å². The number of nitro groups is 1. The molecule has 1 aliphatic carbocycles. The molecule has 4 N–H and O–H groups in total. The number of carbonyl (C=O) groups is 2. The molecule has 3 aromatic carbocycles. The molecular weight excluding hydrogens is 914 g/mol. The predicted molar refractivity (Wildman–Crippen MR) is 258 cm³/mol. The smallest absolute Gasteiger partial charge is 0.317 e. The third-order valence-corrected chi connectivity index (χ3v) is 14.6. The van der Waals surface area contributed by atoms with Crippen LogP contribution in [-0.4, -0.2) is 123 Å². The largest absolute Gasteiger partial charge is 0.489 e. The lowest BCUT2D eigenvalue weighted by Crippen LogP contribution is -2.47. The van der Waals surface area contributed by atoms with Crippen LogP contribution in [0, 0.1) is 15.5 Å². The zero-order valence-electron chi connectivity index (χ0n) is 37.9. The number of pyridine rings is 1. The van der Waals surface area contributed by atoms with E-state index >= 15 is 0 Å². The average molecular weight is 969 g/mol. The van der Waals surface area contributed by atoms with Gasteiger partial charge in [-0.3, -0.25) is 19.8 Å². The number of carbonyl (C=O) groups excluding carboxylic acids is 2. The summed E-state index contributed by atoms with van der Waals surface area (Å²) < 4.78 is 47.5. The number of hydrogen-bond donors (Lipinski definition) is 4. The lowest BCUT2D eigenvalue weighted by Gasteiger charge is -2.39. The van der Waals surface area contributed by atoms with E-state index < -0.39 is 37.5 Å². The van der Waals surface area contributed by atoms with Crippen molar-refractivity contribution in [3.8, 4) is 17.2 Å². The van der Waals surface area contributed by atoms with Crippen LogP contribution in [0.1, 0.15) is 55.5 Å². The molecule has 1 atom stereocenters. The van der Waals surface area contributed by atoms with Gasteiger partial charge in [0.2, 0.25) is 0 Å². The summed E-state index contributed by atoms with van der Waals surface area (Å²) in [5, 5.41) is 19.8. The van der Waals surface area contributed by atoms with Crippen LogP contribution < -0.4 is 29.7 Å². The number of sulfonamides is 1. The number of ether oxygens (including phenoxy) is 3. The maximum Gasteiger partial charge on any atom is 0.317 e. The molecule has 18 nitrogen and oxygen atoms in total. The molecule has 3 aliphatic heterocycles. The van der Waals surface area contributed by atoms with Gasteiger partial charge in [0.25, 0.3) is 21.6 Å². The lowest BCUT2D eigenvalue weighted by molar-refractivity contribution is -0.384. The van der Waals surface area contributed by atoms with Gasteiger partial charge in [0, 0.05) is 92.9 Å². The molecule has 3 amide bonds. The second-order valence-corrected chi connectivity index (χ2v) is 20.5. The highest BCUT2D eigenvalue weighted by Gasteiger charge is 2.33. The number of urea groups is 1. The van der Waals surface area contributed by atoms with Crippen molar-refractivity contribution in [2.45, 2.75) is 50.5 Å². The molecule has 5 aromatic rings. The van der Waals surface area contributed by atoms with E-state index in [0.717, 1.165) is 67.1 Å². The molecule has 0 unspecified atom stereocenters. The van der Waals surface area contributed by atoms with E-state index in [1.54, 1.807) is 29.3 Å². The SMILES string of the molecule is CC1(C)CCC(CN2CCN(c3ccc(C(=O)NS(=O)(=O)c4cc5c(c([N+](=O)[O-])c4)N[C@@H](CCNC(=O)N4CCOCC4)CO5)c(Oc4cnc5[nH]ccc5c4)c3)CC2)=C(c2ccc(Cl)cc2)C1. The standard InChI is InChI=1S/C48H54ClN9O9S/c1-48(2)12-9-33(40(27-48)31-3-5-34(49)6-4-31)29-55-15-17-56(18-16-55)36-7-8-39(42(24-36)67-37-23-32-10-13-50-45(32)52-28-37)46(59)54-68(63,64)38-25-41(58(61)62)44-43(26-38)66-30-35(53-44)11-14-51-47(60)57-19-21-65-22-20-57/h3-8,10,13,23-26,28,35,53H,9,11-12,14-22,27,29-30H2,1-2H3,(H,50,52)(H,51,60)(H,54,59)/t35-/m0/s1. The van der Waals surface area contributed by atoms with E-state index in [2.05, 4.69) is 61.1 Å². The predicted octanol–water partition coefficient (Wildman–Crippen LogP) is 7.43. The first-order valence-electron chi connectivity index (χ1n) is 22.8. The highest BCUT2D eigenvalue weighted by atomic mass is 35.5. The molecule has 5 heterocycles. The number of amides is 3. The molecule has 358 valence electrons. The number of H-pyrrole nitrogens is 1. The number of rotatable bonds is 13. The van der Waals surface area contributed by atoms with Crippen molar-refractivity contribution >= 4 is 67.2 Å². The number of aromatic amines is 1. The third kappa shape index (κ3) is 10.7. The number of benzene rings is 3. The van der Waals surface area contributed by atoms with E-state index in [1.165, 1.54) is 29.0 Å². The number of piperazine rings is 1. The molecule has 0 bridgehead atoms. The van der Waals surface area contributed by atoms with E-state index in [1.807, 2.05) is 18.2 Å². The Morgan fingerprint density at radius 3 is 2.56 bits per heavy atom. The molecule has 2 fully saturated rings. The van der Waals surface area contributed by atoms with Crippen molar-refractivity contribution in [1.82, 2.24) is 29.8 Å². The maximum atomic E-state index is 14.1. The van der Waals surface area contributed by atoms with Gasteiger partial charge in [0.05, 0.1) is 40.8 Å². The van der Waals surface area contributed by atoms with Gasteiger partial charge in [-0.05, 0) is 78.6 Å². The van der Waals surface area contributed by atoms with Crippen LogP contribution in [0.4, 0.5) is 21.9 Å². The summed E-state index contributed by atoms with van der Waals surface area (Å²) in [7, 11) is -4.71. The molecule has 2 saturated heterocycles. The minimum atomic E-state index is -4.71. The summed E-state index contributed by atoms with van der Waals surface area (Å²) in [6, 6.07) is 18.1. The zero-order chi connectivity index (χ0) is 47.6. The summed E-state index contributed by atoms with van der Waals surface area (Å²) in [6.45, 7) is 10.7. The topological polar surface area (TPSA) is 214 Å². The van der Waals surface area contributed by atoms with Crippen molar-refractivity contribution in [3.63, 3.8) is 0 Å². The number of hydrogen-bond acceptors (Lipinski definition) is 13. The summed E-state index contributed by atoms with van der Waals surface area (Å²) in [5.41, 5.74) is 5.06. The number of nitrogens with zero attached hydrogens (tertiary/aromatic N) is 5. The number of aromatic nitrogens is 2. The first-order chi connectivity index (χ1) is 32.7. The summed E-state index contributed by atoms with van der Waals surface area (Å²) >= 11 is 6.25. The molecule has 4 aliphatic rings. The van der Waals surface area contributed by atoms with E-state index in [-0.39, 0.29) is 47.3 Å². The second-order valence-electron chi connectivity index (χ2n) is 18.3. The molecule has 2 aromatic heterocycles. The molecule has 0 saturated carbocycles. The fraction of sp³-hybridized carbons (Fsp3) is 0.396. The maximum absolute atomic E-state index is 14.1. The van der Waals surface area contributed by atoms with Gasteiger partial charge < -0.3 is 39.6 Å². The molecule has 0 spiro atoms. The van der Waals surface area contributed by atoms with Gasteiger partial charge in [0.1, 0.15) is 23.8 Å². The Morgan fingerprint density at radius 2 is 1.79 bits per heavy atom. The normalized spacial score (nSPS) is 18.6. The van der Waals surface area contributed by atoms with Gasteiger partial charge in [-0.1, -0.05) is 43.2 Å². The van der Waals surface area contributed by atoms with Crippen molar-refractivity contribution in [1.29, 1.82) is 0 Å². The van der Waals surface area contributed by atoms with Gasteiger partial charge >= 0.3 is 6.03 Å². The van der Waals surface area contributed by atoms with Gasteiger partial charge in [-0.25, -0.2) is 22.9 Å². The van der Waals surface area contributed by atoms with Crippen LogP contribution in [0.2, 0.25) is 5.02 Å². The van der Waals surface area contributed by atoms with Crippen LogP contribution in [0.25, 0.3) is 16.6 Å². The average Bonchev–Trinajstić information content (AvgIpc) is 3.80. The van der Waals surface area contributed by atoms with Crippen molar-refractivity contribution < 1.29 is 37.1 Å². The van der Waals surface area contributed by atoms with Crippen LogP contribution >= 0.6 is 11.6 Å². The molecule has 20 heteroatoms. The summed E-state index contributed by atoms with van der Waals surface area (Å²) in [5.74, 6) is -0.661. The fourth-order valence-electron chi connectivity index (χ4n) is 9.17. The highest BCUT2D eigenvalue weighted by molar-refractivity contribution is 7.90. The monoisotopic (exact) mass is 967 g/mol. The first kappa shape index (κ1) is 46.7. The van der Waals surface area contributed by atoms with Crippen molar-refractivity contribution in [3.05, 3.63) is 111 Å². The van der Waals surface area contributed by atoms with Crippen LogP contribution in [0.3, 0.4) is 0 Å². The number of fused-ring (bicyclic) bond motifs is 2. The fourth-order valence-corrected chi connectivity index (χ4v) is 10.3. The Kier molecular flexibility index (Phi) is 13.5. The summed E-state index contributed by atoms with van der Waals surface area (Å²) in [6.07, 6.45) is 6.78. The van der Waals surface area contributed by atoms with Crippen LogP contribution in [0.5, 0.6) is 17.2 Å². The molecule has 68 heavy (non-hydrogen) atoms. The number of nitrogens with one attached hydrogen (secondary N) is 4. The van der Waals surface area contributed by atoms with E-state index in [0.29, 0.717) is 57.2 Å². The minimum absolute atomic E-state index is 0.00561. The molecule has 9 rings (SSSR count). The first-order valence-corrected chi connectivity index (χ1v) is 24.6. The second kappa shape index (κ2) is 19.7. The number of nitro benzene ring substituents is 1. The zero-order valence-corrected chi connectivity index (χ0v) is 39.5. The number of halogens is 1. The van der Waals surface area contributed by atoms with Crippen molar-refractivity contribution in [2.24, 2.45) is 5.41 Å².